The summed E-state index contributed by atoms with van der Waals surface area (Å²) in [4.78, 5) is 21.2. The molecule has 0 saturated heterocycles. The van der Waals surface area contributed by atoms with E-state index in [9.17, 15) is 9.59 Å². The van der Waals surface area contributed by atoms with Gasteiger partial charge in [0.2, 0.25) is 0 Å². The van der Waals surface area contributed by atoms with Crippen LogP contribution in [-0.2, 0) is 17.1 Å². The van der Waals surface area contributed by atoms with Gasteiger partial charge in [-0.25, -0.2) is 9.59 Å². The number of carboxylic acids is 2. The number of hydrogen-bond acceptors (Lipinski definition) is 3. The number of rotatable bonds is 4. The van der Waals surface area contributed by atoms with Crippen molar-refractivity contribution in [2.24, 2.45) is 0 Å². The number of aliphatic hydroxyl groups excluding tert-OH is 1. The Kier molecular flexibility index (Phi) is 11.1. The van der Waals surface area contributed by atoms with Gasteiger partial charge >= 0.3 is 11.9 Å². The SMILES string of the molecule is CCCCO.Cc1c(C(=O)O)cccc1C(=O)O.[Cu]. The summed E-state index contributed by atoms with van der Waals surface area (Å²) >= 11 is 0. The second-order valence-electron chi connectivity index (χ2n) is 3.67. The molecule has 6 heteroatoms. The van der Waals surface area contributed by atoms with E-state index in [4.69, 9.17) is 15.3 Å². The molecular weight excluding hydrogens is 300 g/mol. The summed E-state index contributed by atoms with van der Waals surface area (Å²) in [5.74, 6) is -2.22. The smallest absolute Gasteiger partial charge is 0.335 e. The molecule has 19 heavy (non-hydrogen) atoms. The van der Waals surface area contributed by atoms with Crippen molar-refractivity contribution in [2.45, 2.75) is 26.7 Å². The summed E-state index contributed by atoms with van der Waals surface area (Å²) in [6, 6.07) is 4.17. The molecule has 0 atom stereocenters. The molecule has 0 bridgehead atoms. The molecular formula is C13H18CuO5. The van der Waals surface area contributed by atoms with Crippen LogP contribution < -0.4 is 0 Å². The van der Waals surface area contributed by atoms with Gasteiger partial charge in [0.1, 0.15) is 0 Å². The predicted octanol–water partition coefficient (Wildman–Crippen LogP) is 2.17. The molecule has 1 radical (unpaired) electrons. The molecule has 0 aliphatic carbocycles. The predicted molar refractivity (Wildman–Crippen MR) is 67.1 cm³/mol. The first-order chi connectivity index (χ1) is 8.45. The van der Waals surface area contributed by atoms with E-state index in [1.807, 2.05) is 0 Å². The van der Waals surface area contributed by atoms with Crippen LogP contribution in [0.1, 0.15) is 46.0 Å². The molecule has 0 unspecified atom stereocenters. The molecule has 1 aromatic rings. The molecule has 0 saturated carbocycles. The minimum atomic E-state index is -1.11. The van der Waals surface area contributed by atoms with E-state index in [1.165, 1.54) is 25.1 Å². The van der Waals surface area contributed by atoms with Crippen molar-refractivity contribution in [3.05, 3.63) is 34.9 Å². The first-order valence-corrected chi connectivity index (χ1v) is 5.62. The van der Waals surface area contributed by atoms with E-state index in [0.29, 0.717) is 6.61 Å². The fourth-order valence-electron chi connectivity index (χ4n) is 1.26. The number of carboxylic acid groups (broad SMARTS) is 2. The summed E-state index contributed by atoms with van der Waals surface area (Å²) in [6.07, 6.45) is 2.04. The van der Waals surface area contributed by atoms with Crippen molar-refractivity contribution in [1.29, 1.82) is 0 Å². The Morgan fingerprint density at radius 2 is 1.53 bits per heavy atom. The van der Waals surface area contributed by atoms with Gasteiger partial charge in [-0.1, -0.05) is 19.4 Å². The van der Waals surface area contributed by atoms with E-state index < -0.39 is 11.9 Å². The van der Waals surface area contributed by atoms with Crippen LogP contribution in [0, 0.1) is 6.92 Å². The summed E-state index contributed by atoms with van der Waals surface area (Å²) in [5.41, 5.74) is 0.335. The standard InChI is InChI=1S/C9H8O4.C4H10O.Cu/c1-5-6(8(10)11)3-2-4-7(5)9(12)13;1-2-3-4-5;/h2-4H,1H3,(H,10,11)(H,12,13);5H,2-4H2,1H3;. The largest absolute Gasteiger partial charge is 0.478 e. The zero-order valence-corrected chi connectivity index (χ0v) is 11.8. The van der Waals surface area contributed by atoms with E-state index in [-0.39, 0.29) is 33.8 Å². The minimum absolute atomic E-state index is 0. The summed E-state index contributed by atoms with van der Waals surface area (Å²) < 4.78 is 0. The Hall–Kier alpha value is -1.36. The van der Waals surface area contributed by atoms with Gasteiger partial charge in [0.25, 0.3) is 0 Å². The molecule has 0 aliphatic rings. The van der Waals surface area contributed by atoms with Crippen molar-refractivity contribution >= 4 is 11.9 Å². The van der Waals surface area contributed by atoms with Gasteiger partial charge in [0, 0.05) is 23.7 Å². The van der Waals surface area contributed by atoms with Gasteiger partial charge in [-0.3, -0.25) is 0 Å². The molecule has 0 heterocycles. The fourth-order valence-corrected chi connectivity index (χ4v) is 1.26. The topological polar surface area (TPSA) is 94.8 Å². The molecule has 0 aliphatic heterocycles. The maximum atomic E-state index is 10.6. The minimum Gasteiger partial charge on any atom is -0.478 e. The molecule has 0 spiro atoms. The van der Waals surface area contributed by atoms with Crippen molar-refractivity contribution in [2.75, 3.05) is 6.61 Å². The zero-order chi connectivity index (χ0) is 14.1. The van der Waals surface area contributed by atoms with Crippen LogP contribution in [-0.4, -0.2) is 33.9 Å². The summed E-state index contributed by atoms with van der Waals surface area (Å²) in [7, 11) is 0. The van der Waals surface area contributed by atoms with Gasteiger partial charge in [0.05, 0.1) is 11.1 Å². The average molecular weight is 318 g/mol. The number of carbonyl (C=O) groups is 2. The number of aliphatic hydroxyl groups is 1. The average Bonchev–Trinajstić information content (AvgIpc) is 2.30. The third kappa shape index (κ3) is 6.96. The van der Waals surface area contributed by atoms with Crippen LogP contribution in [0.5, 0.6) is 0 Å². The maximum absolute atomic E-state index is 10.6. The van der Waals surface area contributed by atoms with E-state index in [2.05, 4.69) is 6.92 Å². The maximum Gasteiger partial charge on any atom is 0.335 e. The van der Waals surface area contributed by atoms with Gasteiger partial charge in [-0.2, -0.15) is 0 Å². The van der Waals surface area contributed by atoms with Gasteiger partial charge < -0.3 is 15.3 Å². The van der Waals surface area contributed by atoms with Gasteiger partial charge in [0.15, 0.2) is 0 Å². The quantitative estimate of drug-likeness (QED) is 0.740. The van der Waals surface area contributed by atoms with Crippen molar-refractivity contribution in [3.8, 4) is 0 Å². The third-order valence-electron chi connectivity index (χ3n) is 2.31. The van der Waals surface area contributed by atoms with E-state index in [0.717, 1.165) is 12.8 Å². The van der Waals surface area contributed by atoms with Crippen LogP contribution in [0.15, 0.2) is 18.2 Å². The Morgan fingerprint density at radius 1 is 1.11 bits per heavy atom. The second-order valence-corrected chi connectivity index (χ2v) is 3.67. The molecule has 0 fully saturated rings. The van der Waals surface area contributed by atoms with Crippen LogP contribution in [0.2, 0.25) is 0 Å². The van der Waals surface area contributed by atoms with E-state index >= 15 is 0 Å². The number of hydrogen-bond donors (Lipinski definition) is 3. The first-order valence-electron chi connectivity index (χ1n) is 5.62. The van der Waals surface area contributed by atoms with E-state index in [1.54, 1.807) is 0 Å². The molecule has 1 rings (SSSR count). The number of unbranched alkanes of at least 4 members (excludes halogenated alkanes) is 1. The van der Waals surface area contributed by atoms with Crippen LogP contribution in [0.3, 0.4) is 0 Å². The third-order valence-corrected chi connectivity index (χ3v) is 2.31. The summed E-state index contributed by atoms with van der Waals surface area (Å²) in [6.45, 7) is 3.87. The molecule has 1 aromatic carbocycles. The molecule has 0 amide bonds. The van der Waals surface area contributed by atoms with Crippen LogP contribution >= 0.6 is 0 Å². The number of benzene rings is 1. The number of aromatic carboxylic acids is 2. The van der Waals surface area contributed by atoms with Gasteiger partial charge in [-0.05, 0) is 31.0 Å². The van der Waals surface area contributed by atoms with Gasteiger partial charge in [-0.15, -0.1) is 0 Å². The molecule has 0 aromatic heterocycles. The normalized spacial score (nSPS) is 8.79. The Morgan fingerprint density at radius 3 is 1.74 bits per heavy atom. The fraction of sp³-hybridized carbons (Fsp3) is 0.385. The summed E-state index contributed by atoms with van der Waals surface area (Å²) in [5, 5.41) is 25.4. The second kappa shape index (κ2) is 10.6. The van der Waals surface area contributed by atoms with Crippen molar-refractivity contribution in [1.82, 2.24) is 0 Å². The Balaban J connectivity index is 0. The zero-order valence-electron chi connectivity index (χ0n) is 10.8. The van der Waals surface area contributed by atoms with Crippen LogP contribution in [0.25, 0.3) is 0 Å². The van der Waals surface area contributed by atoms with Crippen molar-refractivity contribution < 1.29 is 42.0 Å². The van der Waals surface area contributed by atoms with Crippen LogP contribution in [0.4, 0.5) is 0 Å². The monoisotopic (exact) mass is 317 g/mol. The molecule has 3 N–H and O–H groups in total. The molecule has 111 valence electrons. The Bertz CT molecular complexity index is 383. The molecule has 5 nitrogen and oxygen atoms in total. The Labute approximate surface area is 122 Å². The first kappa shape index (κ1) is 20.0. The van der Waals surface area contributed by atoms with Crippen molar-refractivity contribution in [3.63, 3.8) is 0 Å².